The molecule has 14 atom stereocenters. The van der Waals surface area contributed by atoms with E-state index < -0.39 is 0 Å². The topological polar surface area (TPSA) is 9.23 Å². The minimum atomic E-state index is 0.633. The monoisotopic (exact) mass is 769 g/mol. The van der Waals surface area contributed by atoms with Gasteiger partial charge in [0.25, 0.3) is 0 Å². The maximum absolute atomic E-state index is 7.70. The van der Waals surface area contributed by atoms with Crippen molar-refractivity contribution < 1.29 is 4.74 Å². The van der Waals surface area contributed by atoms with E-state index in [0.29, 0.717) is 12.2 Å². The Morgan fingerprint density at radius 1 is 0.214 bits per heavy atom. The van der Waals surface area contributed by atoms with Crippen LogP contribution in [0.2, 0.25) is 0 Å². The van der Waals surface area contributed by atoms with Gasteiger partial charge in [0.2, 0.25) is 0 Å². The van der Waals surface area contributed by atoms with Gasteiger partial charge >= 0.3 is 0 Å². The number of ether oxygens (including phenoxy) is 1. The van der Waals surface area contributed by atoms with Crippen LogP contribution in [0, 0.1) is 94.7 Å². The van der Waals surface area contributed by atoms with Gasteiger partial charge in [-0.1, -0.05) is 154 Å². The molecule has 1 aliphatic heterocycles. The van der Waals surface area contributed by atoms with Crippen molar-refractivity contribution in [3.63, 3.8) is 0 Å². The number of fused-ring (bicyclic) bond motifs is 6. The molecule has 0 spiro atoms. The van der Waals surface area contributed by atoms with Crippen LogP contribution in [0.1, 0.15) is 238 Å². The van der Waals surface area contributed by atoms with Gasteiger partial charge in [0.1, 0.15) is 0 Å². The summed E-state index contributed by atoms with van der Waals surface area (Å²) in [6.07, 6.45) is 58.7. The van der Waals surface area contributed by atoms with Crippen LogP contribution in [0.4, 0.5) is 0 Å². The van der Waals surface area contributed by atoms with Crippen molar-refractivity contribution in [2.24, 2.45) is 94.7 Å². The van der Waals surface area contributed by atoms with E-state index >= 15 is 0 Å². The molecule has 11 rings (SSSR count). The first-order valence-electron chi connectivity index (χ1n) is 27.4. The van der Waals surface area contributed by atoms with Gasteiger partial charge < -0.3 is 4.74 Å². The van der Waals surface area contributed by atoms with Crippen LogP contribution in [0.5, 0.6) is 0 Å². The van der Waals surface area contributed by atoms with Crippen molar-refractivity contribution >= 4 is 0 Å². The second-order valence-corrected chi connectivity index (χ2v) is 24.0. The highest BCUT2D eigenvalue weighted by atomic mass is 16.5. The van der Waals surface area contributed by atoms with E-state index in [1.54, 1.807) is 109 Å². The summed E-state index contributed by atoms with van der Waals surface area (Å²) in [6.45, 7) is 0. The van der Waals surface area contributed by atoms with Gasteiger partial charge in [-0.3, -0.25) is 0 Å². The molecule has 318 valence electrons. The first-order chi connectivity index (χ1) is 27.8. The summed E-state index contributed by atoms with van der Waals surface area (Å²) < 4.78 is 7.70. The molecule has 0 N–H and O–H groups in total. The third-order valence-corrected chi connectivity index (χ3v) is 21.5. The summed E-state index contributed by atoms with van der Waals surface area (Å²) in [6, 6.07) is 0. The molecule has 56 heavy (non-hydrogen) atoms. The van der Waals surface area contributed by atoms with Crippen molar-refractivity contribution in [2.75, 3.05) is 0 Å². The lowest BCUT2D eigenvalue weighted by atomic mass is 9.57. The Morgan fingerprint density at radius 3 is 1.21 bits per heavy atom. The van der Waals surface area contributed by atoms with E-state index in [1.807, 2.05) is 0 Å². The van der Waals surface area contributed by atoms with Crippen LogP contribution in [0.3, 0.4) is 0 Å². The molecule has 11 fully saturated rings. The van der Waals surface area contributed by atoms with E-state index in [4.69, 9.17) is 4.74 Å². The molecule has 0 bridgehead atoms. The van der Waals surface area contributed by atoms with Crippen LogP contribution in [0.25, 0.3) is 0 Å². The molecule has 0 aromatic rings. The maximum atomic E-state index is 7.70. The second kappa shape index (κ2) is 18.9. The van der Waals surface area contributed by atoms with E-state index in [9.17, 15) is 0 Å². The summed E-state index contributed by atoms with van der Waals surface area (Å²) in [4.78, 5) is 0. The lowest BCUT2D eigenvalue weighted by molar-refractivity contribution is -0.0706. The molecular weight excluding hydrogens is 677 g/mol. The highest BCUT2D eigenvalue weighted by Crippen LogP contribution is 2.65. The number of hydrogen-bond donors (Lipinski definition) is 0. The van der Waals surface area contributed by atoms with Gasteiger partial charge in [0.05, 0.1) is 12.2 Å². The summed E-state index contributed by atoms with van der Waals surface area (Å²) in [5, 5.41) is 0. The SMILES string of the molecule is C1CCC(C2CC(C3CCCCC3)CC(C3CCC4C(C3)OC3C4CCCC3C3C4CCCCC4C4CCC(C5CCCCC5)CC43)C2)CC1.C1CCCCC1. The van der Waals surface area contributed by atoms with Crippen molar-refractivity contribution in [3.8, 4) is 0 Å². The smallest absolute Gasteiger partial charge is 0.0641 e. The Balaban J connectivity index is 0.000000588. The zero-order chi connectivity index (χ0) is 37.3. The molecule has 1 heterocycles. The zero-order valence-corrected chi connectivity index (χ0v) is 37.0. The molecule has 0 aromatic carbocycles. The maximum Gasteiger partial charge on any atom is 0.0641 e. The number of hydrogen-bond acceptors (Lipinski definition) is 1. The third kappa shape index (κ3) is 8.56. The first kappa shape index (κ1) is 40.1. The van der Waals surface area contributed by atoms with Crippen LogP contribution in [-0.2, 0) is 4.74 Å². The molecule has 10 aliphatic carbocycles. The molecule has 0 radical (unpaired) electrons. The van der Waals surface area contributed by atoms with Crippen LogP contribution in [-0.4, -0.2) is 12.2 Å². The van der Waals surface area contributed by atoms with Crippen LogP contribution >= 0.6 is 0 Å². The molecule has 1 heteroatoms. The molecule has 0 aromatic heterocycles. The Bertz CT molecular complexity index is 1150. The largest absolute Gasteiger partial charge is 0.374 e. The van der Waals surface area contributed by atoms with Gasteiger partial charge in [0, 0.05) is 0 Å². The Hall–Kier alpha value is -0.0400. The first-order valence-corrected chi connectivity index (χ1v) is 27.4. The van der Waals surface area contributed by atoms with Crippen LogP contribution in [0.15, 0.2) is 0 Å². The quantitative estimate of drug-likeness (QED) is 0.271. The Morgan fingerprint density at radius 2 is 0.625 bits per heavy atom. The summed E-state index contributed by atoms with van der Waals surface area (Å²) in [7, 11) is 0. The van der Waals surface area contributed by atoms with Crippen molar-refractivity contribution in [2.45, 2.75) is 250 Å². The minimum absolute atomic E-state index is 0.633. The normalized spacial score (nSPS) is 48.1. The minimum Gasteiger partial charge on any atom is -0.374 e. The lowest BCUT2D eigenvalue weighted by Gasteiger charge is -2.47. The van der Waals surface area contributed by atoms with Gasteiger partial charge in [-0.25, -0.2) is 0 Å². The lowest BCUT2D eigenvalue weighted by Crippen LogP contribution is -2.42. The molecule has 14 unspecified atom stereocenters. The standard InChI is InChI=1S/C49H80O.C6H12/c1-4-13-32(14-5-1)35-23-25-41-40-19-10-11-20-43(40)48(46(41)30-35)45-22-12-21-44-42-26-24-36(31-47(42)50-49(44)45)39-28-37(33-15-6-2-7-16-33)27-38(29-39)34-17-8-3-9-18-34;1-2-4-6-5-3-1/h32-49H,1-31H2;1-6H2. The Kier molecular flexibility index (Phi) is 13.5. The zero-order valence-electron chi connectivity index (χ0n) is 37.0. The van der Waals surface area contributed by atoms with E-state index in [1.165, 1.54) is 128 Å². The van der Waals surface area contributed by atoms with Gasteiger partial charge in [0.15, 0.2) is 0 Å². The fraction of sp³-hybridized carbons (Fsp3) is 1.00. The van der Waals surface area contributed by atoms with Gasteiger partial charge in [-0.05, 0) is 178 Å². The second-order valence-electron chi connectivity index (χ2n) is 24.0. The van der Waals surface area contributed by atoms with E-state index in [-0.39, 0.29) is 0 Å². The fourth-order valence-electron chi connectivity index (χ4n) is 19.1. The average molecular weight is 769 g/mol. The van der Waals surface area contributed by atoms with Crippen molar-refractivity contribution in [1.29, 1.82) is 0 Å². The summed E-state index contributed by atoms with van der Waals surface area (Å²) >= 11 is 0. The van der Waals surface area contributed by atoms with E-state index in [0.717, 1.165) is 94.7 Å². The average Bonchev–Trinajstić information content (AvgIpc) is 3.83. The predicted octanol–water partition coefficient (Wildman–Crippen LogP) is 16.2. The molecule has 10 saturated carbocycles. The van der Waals surface area contributed by atoms with E-state index in [2.05, 4.69) is 0 Å². The molecule has 1 nitrogen and oxygen atoms in total. The fourth-order valence-corrected chi connectivity index (χ4v) is 19.1. The molecule has 11 aliphatic rings. The summed E-state index contributed by atoms with van der Waals surface area (Å²) in [5.41, 5.74) is 0. The molecular formula is C55H92O. The van der Waals surface area contributed by atoms with Crippen LogP contribution < -0.4 is 0 Å². The Labute approximate surface area is 348 Å². The van der Waals surface area contributed by atoms with Crippen molar-refractivity contribution in [1.82, 2.24) is 0 Å². The third-order valence-electron chi connectivity index (χ3n) is 21.5. The summed E-state index contributed by atoms with van der Waals surface area (Å²) in [5.74, 6) is 16.6. The molecule has 1 saturated heterocycles. The van der Waals surface area contributed by atoms with Gasteiger partial charge in [-0.15, -0.1) is 0 Å². The number of rotatable bonds is 5. The highest BCUT2D eigenvalue weighted by Gasteiger charge is 2.60. The predicted molar refractivity (Wildman–Crippen MR) is 235 cm³/mol. The molecule has 0 amide bonds. The van der Waals surface area contributed by atoms with Crippen molar-refractivity contribution in [3.05, 3.63) is 0 Å². The highest BCUT2D eigenvalue weighted by molar-refractivity contribution is 5.08. The van der Waals surface area contributed by atoms with Gasteiger partial charge in [-0.2, -0.15) is 0 Å².